The molecular weight excluding hydrogens is 827 g/mol. The number of fused-ring (bicyclic) bond motifs is 5. The van der Waals surface area contributed by atoms with Crippen LogP contribution in [-0.2, 0) is 44.8 Å². The van der Waals surface area contributed by atoms with E-state index in [0.29, 0.717) is 28.7 Å². The number of benzene rings is 2. The second kappa shape index (κ2) is 27.9. The molecule has 2 aromatic carbocycles. The number of carbonyl (C=O) groups is 8. The van der Waals surface area contributed by atoms with Crippen molar-refractivity contribution < 1.29 is 53.7 Å². The molecule has 64 heavy (non-hydrogen) atoms. The second-order valence-electron chi connectivity index (χ2n) is 16.2. The molecule has 1 heterocycles. The summed E-state index contributed by atoms with van der Waals surface area (Å²) >= 11 is 0. The van der Waals surface area contributed by atoms with Crippen LogP contribution in [0, 0.1) is 0 Å². The number of hydrogen-bond donors (Lipinski definition) is 8. The first kappa shape index (κ1) is 52.3. The predicted octanol–water partition coefficient (Wildman–Crippen LogP) is 2.45. The van der Waals surface area contributed by atoms with Crippen molar-refractivity contribution in [2.45, 2.75) is 121 Å². The van der Waals surface area contributed by atoms with E-state index in [2.05, 4.69) is 33.5 Å². The average Bonchev–Trinajstić information content (AvgIpc) is 3.27. The van der Waals surface area contributed by atoms with Crippen LogP contribution < -0.4 is 26.6 Å². The summed E-state index contributed by atoms with van der Waals surface area (Å²) in [5, 5.41) is 41.8. The maximum atomic E-state index is 13.7. The third kappa shape index (κ3) is 17.6. The maximum Gasteiger partial charge on any atom is 0.322 e. The van der Waals surface area contributed by atoms with E-state index in [4.69, 9.17) is 5.11 Å². The summed E-state index contributed by atoms with van der Waals surface area (Å²) in [4.78, 5) is 105. The number of aliphatic carboxylic acids is 1. The molecule has 4 bridgehead atoms. The Labute approximate surface area is 375 Å². The number of carbonyl (C=O) groups excluding carboxylic acids is 7. The fraction of sp³-hybridized carbons (Fsp3) is 0.565. The van der Waals surface area contributed by atoms with Gasteiger partial charge in [0.1, 0.15) is 30.4 Å². The number of carboxylic acids is 1. The number of hydrogen-bond acceptors (Lipinski definition) is 10. The quantitative estimate of drug-likeness (QED) is 0.0672. The van der Waals surface area contributed by atoms with Crippen LogP contribution in [0.1, 0.15) is 114 Å². The molecule has 8 N–H and O–H groups in total. The highest BCUT2D eigenvalue weighted by Gasteiger charge is 2.31. The van der Waals surface area contributed by atoms with Crippen molar-refractivity contribution >= 4 is 47.3 Å². The van der Waals surface area contributed by atoms with Gasteiger partial charge in [0.2, 0.25) is 41.4 Å². The highest BCUT2D eigenvalue weighted by molar-refractivity contribution is 5.95. The van der Waals surface area contributed by atoms with E-state index in [9.17, 15) is 48.6 Å². The smallest absolute Gasteiger partial charge is 0.322 e. The Balaban J connectivity index is 1.55. The lowest BCUT2D eigenvalue weighted by Gasteiger charge is -2.29. The third-order valence-corrected chi connectivity index (χ3v) is 11.2. The largest absolute Gasteiger partial charge is 0.507 e. The number of aromatic hydroxyl groups is 1. The van der Waals surface area contributed by atoms with Crippen molar-refractivity contribution in [1.82, 2.24) is 36.4 Å². The van der Waals surface area contributed by atoms with Crippen molar-refractivity contribution in [2.24, 2.45) is 0 Å². The lowest BCUT2D eigenvalue weighted by molar-refractivity contribution is -0.141. The molecule has 18 heteroatoms. The SMILES string of the molecule is CCCCCCCCCCCCCCCC(=O)N(C)C(CO)C(=O)NCC(=O)NCC(=O)N(C)C1C(=O)NCC(=O)NC(C(=O)NCC(=O)O)Cc2ccc(O)c(c2)-c2cccc1c2. The summed E-state index contributed by atoms with van der Waals surface area (Å²) in [7, 11) is 2.73. The number of nitrogens with one attached hydrogen (secondary N) is 5. The molecule has 7 amide bonds. The zero-order valence-electron chi connectivity index (χ0n) is 37.4. The highest BCUT2D eigenvalue weighted by atomic mass is 16.4. The highest BCUT2D eigenvalue weighted by Crippen LogP contribution is 2.33. The standard InChI is InChI=1S/C46H67N7O11/c1-4-5-6-7-8-9-10-11-12-13-14-15-16-20-40(58)52(2)36(30-54)45(63)48-26-38(56)47-28-41(59)53(3)43-33-19-17-18-32(25-33)34-23-31(21-22-37(34)55)24-35(44(62)50-29-42(60)61)51-39(57)27-49-46(43)64/h17-19,21-23,25,35-36,43,54-55H,4-16,20,24,26-30H2,1-3H3,(H,47,56)(H,48,63)(H,49,64)(H,50,62)(H,51,57)(H,60,61). The molecule has 3 rings (SSSR count). The number of phenolic OH excluding ortho intramolecular Hbond substituents is 1. The van der Waals surface area contributed by atoms with Crippen molar-refractivity contribution in [3.8, 4) is 16.9 Å². The number of aliphatic hydroxyl groups excluding tert-OH is 1. The molecule has 1 aliphatic heterocycles. The number of carboxylic acid groups (broad SMARTS) is 1. The van der Waals surface area contributed by atoms with Crippen LogP contribution in [0.2, 0.25) is 0 Å². The number of likely N-dealkylation sites (N-methyl/N-ethyl adjacent to an activating group) is 2. The first-order valence-corrected chi connectivity index (χ1v) is 22.3. The molecule has 0 fully saturated rings. The average molecular weight is 894 g/mol. The fourth-order valence-electron chi connectivity index (χ4n) is 7.42. The molecule has 0 aromatic heterocycles. The van der Waals surface area contributed by atoms with Gasteiger partial charge in [-0.3, -0.25) is 38.4 Å². The van der Waals surface area contributed by atoms with Crippen LogP contribution in [0.4, 0.5) is 0 Å². The first-order valence-electron chi connectivity index (χ1n) is 22.3. The fourth-order valence-corrected chi connectivity index (χ4v) is 7.42. The Morgan fingerprint density at radius 2 is 1.42 bits per heavy atom. The molecule has 18 nitrogen and oxygen atoms in total. The summed E-state index contributed by atoms with van der Waals surface area (Å²) in [5.41, 5.74) is 1.56. The predicted molar refractivity (Wildman–Crippen MR) is 238 cm³/mol. The van der Waals surface area contributed by atoms with Crippen LogP contribution in [0.3, 0.4) is 0 Å². The minimum Gasteiger partial charge on any atom is -0.507 e. The molecule has 3 unspecified atom stereocenters. The zero-order chi connectivity index (χ0) is 47.0. The van der Waals surface area contributed by atoms with Gasteiger partial charge < -0.3 is 51.7 Å². The van der Waals surface area contributed by atoms with Crippen molar-refractivity contribution in [3.05, 3.63) is 53.6 Å². The summed E-state index contributed by atoms with van der Waals surface area (Å²) in [6.07, 6.45) is 15.3. The van der Waals surface area contributed by atoms with Crippen LogP contribution >= 0.6 is 0 Å². The summed E-state index contributed by atoms with van der Waals surface area (Å²) in [6, 6.07) is 7.08. The first-order chi connectivity index (χ1) is 30.7. The number of phenols is 1. The van der Waals surface area contributed by atoms with Gasteiger partial charge in [0.15, 0.2) is 0 Å². The normalized spacial score (nSPS) is 15.4. The topological polar surface area (TPSA) is 264 Å². The van der Waals surface area contributed by atoms with Gasteiger partial charge in [-0.1, -0.05) is 108 Å². The number of rotatable bonds is 25. The van der Waals surface area contributed by atoms with Gasteiger partial charge in [0.05, 0.1) is 26.2 Å². The zero-order valence-corrected chi connectivity index (χ0v) is 37.4. The molecule has 2 aromatic rings. The molecule has 352 valence electrons. The lowest BCUT2D eigenvalue weighted by Crippen LogP contribution is -2.52. The van der Waals surface area contributed by atoms with Crippen LogP contribution in [0.5, 0.6) is 5.75 Å². The Hall–Kier alpha value is -6.04. The van der Waals surface area contributed by atoms with E-state index >= 15 is 0 Å². The number of amides is 7. The molecule has 3 atom stereocenters. The monoisotopic (exact) mass is 893 g/mol. The van der Waals surface area contributed by atoms with Crippen LogP contribution in [0.25, 0.3) is 11.1 Å². The minimum atomic E-state index is -1.36. The number of nitrogens with zero attached hydrogens (tertiary/aromatic N) is 2. The molecule has 0 radical (unpaired) electrons. The van der Waals surface area contributed by atoms with Crippen molar-refractivity contribution in [3.63, 3.8) is 0 Å². The van der Waals surface area contributed by atoms with E-state index < -0.39 is 92.3 Å². The maximum absolute atomic E-state index is 13.7. The number of aliphatic hydroxyl groups is 1. The van der Waals surface area contributed by atoms with Crippen LogP contribution in [-0.4, -0.2) is 131 Å². The van der Waals surface area contributed by atoms with Gasteiger partial charge in [-0.05, 0) is 41.3 Å². The minimum absolute atomic E-state index is 0.0777. The van der Waals surface area contributed by atoms with Crippen molar-refractivity contribution in [2.75, 3.05) is 46.9 Å². The third-order valence-electron chi connectivity index (χ3n) is 11.2. The second-order valence-corrected chi connectivity index (χ2v) is 16.2. The van der Waals surface area contributed by atoms with E-state index in [1.165, 1.54) is 77.9 Å². The van der Waals surface area contributed by atoms with E-state index in [0.717, 1.165) is 29.1 Å². The van der Waals surface area contributed by atoms with E-state index in [1.807, 2.05) is 0 Å². The molecule has 0 spiro atoms. The van der Waals surface area contributed by atoms with Gasteiger partial charge in [0.25, 0.3) is 0 Å². The van der Waals surface area contributed by atoms with E-state index in [-0.39, 0.29) is 24.5 Å². The Bertz CT molecular complexity index is 1910. The molecular formula is C46H67N7O11. The van der Waals surface area contributed by atoms with Gasteiger partial charge >= 0.3 is 5.97 Å². The Morgan fingerprint density at radius 3 is 2.05 bits per heavy atom. The number of unbranched alkanes of at least 4 members (excludes halogenated alkanes) is 12. The molecule has 0 saturated heterocycles. The summed E-state index contributed by atoms with van der Waals surface area (Å²) in [5.74, 6) is -6.38. The van der Waals surface area contributed by atoms with Gasteiger partial charge in [-0.25, -0.2) is 0 Å². The van der Waals surface area contributed by atoms with Crippen molar-refractivity contribution in [1.29, 1.82) is 0 Å². The van der Waals surface area contributed by atoms with Crippen LogP contribution in [0.15, 0.2) is 42.5 Å². The molecule has 0 saturated carbocycles. The summed E-state index contributed by atoms with van der Waals surface area (Å²) in [6.45, 7) is -0.948. The lowest BCUT2D eigenvalue weighted by atomic mass is 9.94. The summed E-state index contributed by atoms with van der Waals surface area (Å²) < 4.78 is 0. The van der Waals surface area contributed by atoms with Gasteiger partial charge in [-0.2, -0.15) is 0 Å². The Kier molecular flexibility index (Phi) is 22.8. The van der Waals surface area contributed by atoms with Gasteiger partial charge in [0, 0.05) is 32.5 Å². The molecule has 0 aliphatic carbocycles. The van der Waals surface area contributed by atoms with Gasteiger partial charge in [-0.15, -0.1) is 0 Å². The molecule has 1 aliphatic rings. The van der Waals surface area contributed by atoms with E-state index in [1.54, 1.807) is 36.4 Å². The Morgan fingerprint density at radius 1 is 0.781 bits per heavy atom.